The molecule has 2 nitrogen and oxygen atoms in total. The lowest BCUT2D eigenvalue weighted by Gasteiger charge is -2.15. The Bertz CT molecular complexity index is 452. The Morgan fingerprint density at radius 3 is 2.83 bits per heavy atom. The Morgan fingerprint density at radius 2 is 2.22 bits per heavy atom. The topological polar surface area (TPSA) is 25.2 Å². The molecule has 0 spiro atoms. The maximum Gasteiger partial charge on any atom is 0.126 e. The highest BCUT2D eigenvalue weighted by atomic mass is 35.5. The van der Waals surface area contributed by atoms with Gasteiger partial charge in [-0.15, -0.1) is 11.3 Å². The van der Waals surface area contributed by atoms with Gasteiger partial charge in [0, 0.05) is 4.88 Å². The van der Waals surface area contributed by atoms with Crippen LogP contribution < -0.4 is 5.32 Å². The Kier molecular flexibility index (Phi) is 5.29. The largest absolute Gasteiger partial charge is 0.467 e. The van der Waals surface area contributed by atoms with Crippen LogP contribution in [-0.4, -0.2) is 6.54 Å². The molecule has 2 aromatic heterocycles. The summed E-state index contributed by atoms with van der Waals surface area (Å²) in [5, 5.41) is 3.54. The molecule has 18 heavy (non-hydrogen) atoms. The van der Waals surface area contributed by atoms with E-state index in [1.165, 1.54) is 24.1 Å². The fraction of sp³-hybridized carbons (Fsp3) is 0.429. The minimum absolute atomic E-state index is 0.120. The van der Waals surface area contributed by atoms with Crippen molar-refractivity contribution in [1.82, 2.24) is 5.32 Å². The highest BCUT2D eigenvalue weighted by Crippen LogP contribution is 2.31. The van der Waals surface area contributed by atoms with Gasteiger partial charge in [0.15, 0.2) is 0 Å². The first kappa shape index (κ1) is 13.7. The van der Waals surface area contributed by atoms with Crippen LogP contribution in [0.5, 0.6) is 0 Å². The van der Waals surface area contributed by atoms with E-state index >= 15 is 0 Å². The zero-order chi connectivity index (χ0) is 12.8. The molecule has 2 aromatic rings. The summed E-state index contributed by atoms with van der Waals surface area (Å²) in [4.78, 5) is 1.20. The second kappa shape index (κ2) is 6.98. The van der Waals surface area contributed by atoms with Gasteiger partial charge in [0.1, 0.15) is 11.8 Å². The first-order chi connectivity index (χ1) is 8.81. The predicted octanol–water partition coefficient (Wildman–Crippen LogP) is 4.86. The molecule has 0 aliphatic carbocycles. The number of furan rings is 1. The van der Waals surface area contributed by atoms with E-state index in [1.807, 2.05) is 18.2 Å². The maximum absolute atomic E-state index is 6.01. The standard InChI is InChI=1S/C14H18ClNOS/c1-2-3-4-9-16-14(11-6-5-10-17-11)12-7-8-13(15)18-12/h5-8,10,14,16H,2-4,9H2,1H3. The van der Waals surface area contributed by atoms with Crippen LogP contribution in [-0.2, 0) is 0 Å². The van der Waals surface area contributed by atoms with Crippen LogP contribution in [0.4, 0.5) is 0 Å². The summed E-state index contributed by atoms with van der Waals surface area (Å²) in [5.41, 5.74) is 0. The molecular formula is C14H18ClNOS. The molecule has 1 N–H and O–H groups in total. The third-order valence-corrected chi connectivity index (χ3v) is 4.13. The molecule has 0 radical (unpaired) electrons. The average molecular weight is 284 g/mol. The van der Waals surface area contributed by atoms with Gasteiger partial charge < -0.3 is 9.73 Å². The molecule has 1 unspecified atom stereocenters. The van der Waals surface area contributed by atoms with Crippen LogP contribution in [0.15, 0.2) is 34.9 Å². The molecule has 2 heterocycles. The number of unbranched alkanes of at least 4 members (excludes halogenated alkanes) is 2. The molecule has 98 valence electrons. The summed E-state index contributed by atoms with van der Waals surface area (Å²) >= 11 is 7.61. The van der Waals surface area contributed by atoms with Crippen molar-refractivity contribution in [3.05, 3.63) is 45.5 Å². The van der Waals surface area contributed by atoms with Crippen molar-refractivity contribution in [2.24, 2.45) is 0 Å². The minimum Gasteiger partial charge on any atom is -0.467 e. The number of hydrogen-bond acceptors (Lipinski definition) is 3. The van der Waals surface area contributed by atoms with Gasteiger partial charge in [0.05, 0.1) is 10.6 Å². The Balaban J connectivity index is 2.04. The predicted molar refractivity (Wildman–Crippen MR) is 77.4 cm³/mol. The summed E-state index contributed by atoms with van der Waals surface area (Å²) in [7, 11) is 0. The van der Waals surface area contributed by atoms with Gasteiger partial charge in [-0.2, -0.15) is 0 Å². The Hall–Kier alpha value is -0.770. The van der Waals surface area contributed by atoms with Crippen molar-refractivity contribution in [2.45, 2.75) is 32.2 Å². The first-order valence-electron chi connectivity index (χ1n) is 6.33. The molecule has 0 fully saturated rings. The second-order valence-corrected chi connectivity index (χ2v) is 6.00. The van der Waals surface area contributed by atoms with Crippen molar-refractivity contribution < 1.29 is 4.42 Å². The van der Waals surface area contributed by atoms with Gasteiger partial charge in [0.2, 0.25) is 0 Å². The summed E-state index contributed by atoms with van der Waals surface area (Å²) in [6.45, 7) is 3.21. The van der Waals surface area contributed by atoms with Crippen molar-refractivity contribution in [1.29, 1.82) is 0 Å². The van der Waals surface area contributed by atoms with E-state index in [0.29, 0.717) is 0 Å². The third-order valence-electron chi connectivity index (χ3n) is 2.83. The van der Waals surface area contributed by atoms with Crippen LogP contribution in [0.25, 0.3) is 0 Å². The normalized spacial score (nSPS) is 12.8. The lowest BCUT2D eigenvalue weighted by atomic mass is 10.1. The van der Waals surface area contributed by atoms with Crippen molar-refractivity contribution in [2.75, 3.05) is 6.54 Å². The van der Waals surface area contributed by atoms with Gasteiger partial charge in [0.25, 0.3) is 0 Å². The third kappa shape index (κ3) is 3.61. The summed E-state index contributed by atoms with van der Waals surface area (Å²) in [5.74, 6) is 0.949. The van der Waals surface area contributed by atoms with E-state index < -0.39 is 0 Å². The van der Waals surface area contributed by atoms with Gasteiger partial charge in [-0.05, 0) is 37.2 Å². The minimum atomic E-state index is 0.120. The molecule has 1 atom stereocenters. The molecule has 0 saturated heterocycles. The van der Waals surface area contributed by atoms with E-state index in [2.05, 4.69) is 18.3 Å². The number of nitrogens with one attached hydrogen (secondary N) is 1. The first-order valence-corrected chi connectivity index (χ1v) is 7.52. The van der Waals surface area contributed by atoms with Crippen LogP contribution in [0, 0.1) is 0 Å². The Labute approximate surface area is 117 Å². The lowest BCUT2D eigenvalue weighted by Crippen LogP contribution is -2.22. The summed E-state index contributed by atoms with van der Waals surface area (Å²) in [6, 6.07) is 8.04. The number of halogens is 1. The Morgan fingerprint density at radius 1 is 1.33 bits per heavy atom. The van der Waals surface area contributed by atoms with E-state index in [-0.39, 0.29) is 6.04 Å². The second-order valence-electron chi connectivity index (χ2n) is 4.25. The van der Waals surface area contributed by atoms with Crippen LogP contribution in [0.3, 0.4) is 0 Å². The highest BCUT2D eigenvalue weighted by Gasteiger charge is 2.17. The zero-order valence-electron chi connectivity index (χ0n) is 10.5. The fourth-order valence-electron chi connectivity index (χ4n) is 1.90. The molecule has 0 aromatic carbocycles. The molecule has 2 rings (SSSR count). The summed E-state index contributed by atoms with van der Waals surface area (Å²) < 4.78 is 6.33. The lowest BCUT2D eigenvalue weighted by molar-refractivity contribution is 0.445. The molecular weight excluding hydrogens is 266 g/mol. The molecule has 0 amide bonds. The van der Waals surface area contributed by atoms with Gasteiger partial charge in [-0.25, -0.2) is 0 Å². The molecule has 4 heteroatoms. The van der Waals surface area contributed by atoms with Crippen molar-refractivity contribution in [3.63, 3.8) is 0 Å². The summed E-state index contributed by atoms with van der Waals surface area (Å²) in [6.07, 6.45) is 5.39. The van der Waals surface area contributed by atoms with E-state index in [9.17, 15) is 0 Å². The van der Waals surface area contributed by atoms with Crippen LogP contribution in [0.2, 0.25) is 4.34 Å². The van der Waals surface area contributed by atoms with Gasteiger partial charge in [-0.3, -0.25) is 0 Å². The highest BCUT2D eigenvalue weighted by molar-refractivity contribution is 7.16. The van der Waals surface area contributed by atoms with Crippen LogP contribution >= 0.6 is 22.9 Å². The van der Waals surface area contributed by atoms with Crippen LogP contribution in [0.1, 0.15) is 42.9 Å². The zero-order valence-corrected chi connectivity index (χ0v) is 12.1. The van der Waals surface area contributed by atoms with E-state index in [1.54, 1.807) is 17.6 Å². The number of thiophene rings is 1. The van der Waals surface area contributed by atoms with E-state index in [4.69, 9.17) is 16.0 Å². The number of hydrogen-bond donors (Lipinski definition) is 1. The van der Waals surface area contributed by atoms with E-state index in [0.717, 1.165) is 16.6 Å². The molecule has 0 aliphatic rings. The molecule has 0 bridgehead atoms. The maximum atomic E-state index is 6.01. The smallest absolute Gasteiger partial charge is 0.126 e. The SMILES string of the molecule is CCCCCNC(c1ccco1)c1ccc(Cl)s1. The quantitative estimate of drug-likeness (QED) is 0.734. The van der Waals surface area contributed by atoms with Gasteiger partial charge >= 0.3 is 0 Å². The monoisotopic (exact) mass is 283 g/mol. The number of rotatable bonds is 7. The van der Waals surface area contributed by atoms with Crippen molar-refractivity contribution in [3.8, 4) is 0 Å². The average Bonchev–Trinajstić information content (AvgIpc) is 3.01. The molecule has 0 aliphatic heterocycles. The van der Waals surface area contributed by atoms with Gasteiger partial charge in [-0.1, -0.05) is 31.4 Å². The van der Waals surface area contributed by atoms with Crippen molar-refractivity contribution >= 4 is 22.9 Å². The molecule has 0 saturated carbocycles. The fourth-order valence-corrected chi connectivity index (χ4v) is 3.05.